The Kier molecular flexibility index (Phi) is 15.2. The van der Waals surface area contributed by atoms with E-state index in [0.29, 0.717) is 30.9 Å². The van der Waals surface area contributed by atoms with E-state index in [4.69, 9.17) is 8.83 Å². The second-order valence-electron chi connectivity index (χ2n) is 20.1. The van der Waals surface area contributed by atoms with Crippen molar-refractivity contribution < 1.29 is 54.0 Å². The van der Waals surface area contributed by atoms with E-state index in [-0.39, 0.29) is 24.8 Å². The standard InChI is InChI=1S/2C28H31O.C2H6Si.2ClH.Zr/c2*1-16(2)21-11-22(17(3)4)13-25(12-21)28-20(7)18(5)10-23-14-24(15-26(23)28)27-9-8-19(6)29-27;1-3-2;;;/h2*8-17H,1-7H3;1-2H3;2*1H;/q;;;;;+2/p-2. The van der Waals surface area contributed by atoms with Gasteiger partial charge in [-0.15, -0.1) is 0 Å². The van der Waals surface area contributed by atoms with Crippen molar-refractivity contribution >= 4 is 28.7 Å². The van der Waals surface area contributed by atoms with Crippen molar-refractivity contribution in [3.63, 3.8) is 0 Å². The molecule has 2 aliphatic carbocycles. The molecule has 64 heavy (non-hydrogen) atoms. The number of hydrogen-bond donors (Lipinski definition) is 0. The molecular formula is C58H68Cl2O2SiZr. The topological polar surface area (TPSA) is 26.3 Å². The number of aryl methyl sites for hydroxylation is 4. The first kappa shape index (κ1) is 50.0. The van der Waals surface area contributed by atoms with E-state index in [1.165, 1.54) is 100 Å². The number of furan rings is 2. The van der Waals surface area contributed by atoms with Gasteiger partial charge >= 0.3 is 384 Å². The summed E-state index contributed by atoms with van der Waals surface area (Å²) in [5.41, 5.74) is 24.5. The molecule has 0 saturated carbocycles. The van der Waals surface area contributed by atoms with Crippen LogP contribution in [0.5, 0.6) is 0 Å². The van der Waals surface area contributed by atoms with Crippen LogP contribution in [0.25, 0.3) is 45.6 Å². The fraction of sp³-hybridized carbons (Fsp3) is 0.379. The van der Waals surface area contributed by atoms with Gasteiger partial charge in [0.2, 0.25) is 0 Å². The SMILES string of the molecule is Cc1ccc(C2=Cc3c(cc(C)c(C)c3-c3cc(C(C)C)cc(C(C)C)c3)[CH]2[Zr+2]([CH]2C(c3ccc(C)o3)=Cc3c2cc(C)c(C)c3-c2cc(C(C)C)cc(C(C)C)c2)=[Si](C)C)o1.[Cl-].[Cl-]. The molecule has 0 bridgehead atoms. The average Bonchev–Trinajstić information content (AvgIpc) is 4.01. The minimum atomic E-state index is -2.78. The van der Waals surface area contributed by atoms with Crippen LogP contribution < -0.4 is 24.8 Å². The molecule has 0 fully saturated rings. The second-order valence-corrected chi connectivity index (χ2v) is 38.0. The van der Waals surface area contributed by atoms with Gasteiger partial charge in [0.05, 0.1) is 0 Å². The van der Waals surface area contributed by atoms with Crippen molar-refractivity contribution in [2.75, 3.05) is 0 Å². The molecule has 2 aromatic heterocycles. The maximum Gasteiger partial charge on any atom is -1.00 e. The van der Waals surface area contributed by atoms with Gasteiger partial charge in [-0.05, 0) is 0 Å². The van der Waals surface area contributed by atoms with E-state index in [1.807, 2.05) is 0 Å². The molecule has 2 atom stereocenters. The number of benzene rings is 4. The fourth-order valence-electron chi connectivity index (χ4n) is 10.3. The first-order chi connectivity index (χ1) is 29.3. The van der Waals surface area contributed by atoms with Gasteiger partial charge in [0.25, 0.3) is 0 Å². The van der Waals surface area contributed by atoms with Crippen molar-refractivity contribution in [1.82, 2.24) is 0 Å². The third-order valence-electron chi connectivity index (χ3n) is 14.1. The Balaban J connectivity index is 0.00000340. The Morgan fingerprint density at radius 2 is 0.797 bits per heavy atom. The van der Waals surface area contributed by atoms with E-state index < -0.39 is 25.8 Å². The van der Waals surface area contributed by atoms with Crippen molar-refractivity contribution in [2.45, 2.75) is 141 Å². The molecule has 0 N–H and O–H groups in total. The van der Waals surface area contributed by atoms with Crippen LogP contribution in [-0.2, 0) is 20.4 Å². The largest absolute Gasteiger partial charge is 1.00 e. The number of fused-ring (bicyclic) bond motifs is 2. The van der Waals surface area contributed by atoms with Gasteiger partial charge < -0.3 is 24.8 Å². The van der Waals surface area contributed by atoms with Gasteiger partial charge in [-0.3, -0.25) is 0 Å². The summed E-state index contributed by atoms with van der Waals surface area (Å²) in [5, 5.41) is 0. The minimum absolute atomic E-state index is 0. The molecule has 0 amide bonds. The van der Waals surface area contributed by atoms with Gasteiger partial charge in [0.15, 0.2) is 0 Å². The molecule has 6 aromatic rings. The molecule has 8 rings (SSSR count). The Morgan fingerprint density at radius 3 is 1.06 bits per heavy atom. The van der Waals surface area contributed by atoms with Gasteiger partial charge in [-0.2, -0.15) is 0 Å². The van der Waals surface area contributed by atoms with E-state index in [9.17, 15) is 0 Å². The molecule has 0 spiro atoms. The van der Waals surface area contributed by atoms with E-state index in [2.05, 4.69) is 195 Å². The molecule has 2 aliphatic rings. The number of rotatable bonds is 10. The fourth-order valence-corrected chi connectivity index (χ4v) is 30.0. The summed E-state index contributed by atoms with van der Waals surface area (Å²) in [6.45, 7) is 37.5. The van der Waals surface area contributed by atoms with Crippen molar-refractivity contribution in [3.8, 4) is 22.3 Å². The Morgan fingerprint density at radius 1 is 0.469 bits per heavy atom. The zero-order valence-corrected chi connectivity index (χ0v) is 46.1. The molecule has 2 nitrogen and oxygen atoms in total. The number of halogens is 2. The maximum atomic E-state index is 6.73. The summed E-state index contributed by atoms with van der Waals surface area (Å²) >= 11 is -2.78. The van der Waals surface area contributed by atoms with Gasteiger partial charge in [-0.1, -0.05) is 0 Å². The molecule has 4 aromatic carbocycles. The normalized spacial score (nSPS) is 15.2. The number of hydrogen-bond acceptors (Lipinski definition) is 2. The van der Waals surface area contributed by atoms with Crippen LogP contribution in [0, 0.1) is 41.5 Å². The first-order valence-electron chi connectivity index (χ1n) is 23.2. The third-order valence-corrected chi connectivity index (χ3v) is 33.3. The summed E-state index contributed by atoms with van der Waals surface area (Å²) in [7, 11) is 0. The smallest absolute Gasteiger partial charge is 1.00 e. The molecule has 334 valence electrons. The maximum absolute atomic E-state index is 6.73. The van der Waals surface area contributed by atoms with Crippen LogP contribution in [0.4, 0.5) is 0 Å². The Hall–Kier alpha value is -3.40. The van der Waals surface area contributed by atoms with Gasteiger partial charge in [-0.25, -0.2) is 0 Å². The minimum Gasteiger partial charge on any atom is -1.00 e. The van der Waals surface area contributed by atoms with Crippen LogP contribution in [0.2, 0.25) is 13.1 Å². The quantitative estimate of drug-likeness (QED) is 0.128. The van der Waals surface area contributed by atoms with Crippen LogP contribution in [0.3, 0.4) is 0 Å². The van der Waals surface area contributed by atoms with Crippen molar-refractivity contribution in [1.29, 1.82) is 0 Å². The number of allylic oxidation sites excluding steroid dienone is 2. The van der Waals surface area contributed by atoms with E-state index in [0.717, 1.165) is 23.0 Å². The van der Waals surface area contributed by atoms with Crippen LogP contribution in [-0.4, -0.2) is 5.43 Å². The second kappa shape index (κ2) is 19.4. The van der Waals surface area contributed by atoms with Crippen LogP contribution in [0.15, 0.2) is 81.6 Å². The van der Waals surface area contributed by atoms with E-state index in [1.54, 1.807) is 0 Å². The molecule has 0 saturated heterocycles. The molecule has 0 aliphatic heterocycles. The molecule has 2 heterocycles. The molecule has 0 radical (unpaired) electrons. The Bertz CT molecular complexity index is 2620. The van der Waals surface area contributed by atoms with E-state index >= 15 is 0 Å². The summed E-state index contributed by atoms with van der Waals surface area (Å²) in [6, 6.07) is 28.9. The predicted molar refractivity (Wildman–Crippen MR) is 265 cm³/mol. The monoisotopic (exact) mass is 984 g/mol. The third kappa shape index (κ3) is 9.05. The Labute approximate surface area is 405 Å². The zero-order valence-electron chi connectivity index (χ0n) is 41.1. The summed E-state index contributed by atoms with van der Waals surface area (Å²) in [6.07, 6.45) is 5.16. The van der Waals surface area contributed by atoms with Crippen molar-refractivity contribution in [2.24, 2.45) is 0 Å². The summed E-state index contributed by atoms with van der Waals surface area (Å²) < 4.78 is 14.1. The molecule has 2 unspecified atom stereocenters. The van der Waals surface area contributed by atoms with Crippen molar-refractivity contribution in [3.05, 3.63) is 163 Å². The molecular weight excluding hydrogens is 919 g/mol. The summed E-state index contributed by atoms with van der Waals surface area (Å²) in [4.78, 5) is 0. The predicted octanol–water partition coefficient (Wildman–Crippen LogP) is 11.3. The zero-order chi connectivity index (χ0) is 44.6. The van der Waals surface area contributed by atoms with Crippen LogP contribution in [0.1, 0.15) is 176 Å². The van der Waals surface area contributed by atoms with Gasteiger partial charge in [0, 0.05) is 0 Å². The van der Waals surface area contributed by atoms with Crippen LogP contribution >= 0.6 is 0 Å². The van der Waals surface area contributed by atoms with Gasteiger partial charge in [0.1, 0.15) is 0 Å². The molecule has 6 heteroatoms. The summed E-state index contributed by atoms with van der Waals surface area (Å²) in [5.74, 6) is 5.79. The average molecular weight is 987 g/mol. The first-order valence-corrected chi connectivity index (χ1v) is 32.2.